The summed E-state index contributed by atoms with van der Waals surface area (Å²) in [5.74, 6) is 0.645. The Balaban J connectivity index is 1.88. The molecule has 33 heavy (non-hydrogen) atoms. The number of hydrogen-bond donors (Lipinski definition) is 1. The highest BCUT2D eigenvalue weighted by Crippen LogP contribution is 2.31. The number of rotatable bonds is 9. The summed E-state index contributed by atoms with van der Waals surface area (Å²) in [5, 5.41) is 2.92. The van der Waals surface area contributed by atoms with Crippen LogP contribution in [0.15, 0.2) is 78.9 Å². The summed E-state index contributed by atoms with van der Waals surface area (Å²) in [6, 6.07) is 24.4. The fourth-order valence-corrected chi connectivity index (χ4v) is 3.53. The molecular formula is C27H30N2O4. The summed E-state index contributed by atoms with van der Waals surface area (Å²) in [6.07, 6.45) is 0.205. The van der Waals surface area contributed by atoms with E-state index in [1.807, 2.05) is 60.7 Å². The van der Waals surface area contributed by atoms with E-state index < -0.39 is 5.54 Å². The number of benzene rings is 3. The summed E-state index contributed by atoms with van der Waals surface area (Å²) in [5.41, 5.74) is 1.22. The maximum atomic E-state index is 13.5. The first-order valence-electron chi connectivity index (χ1n) is 10.8. The van der Waals surface area contributed by atoms with Crippen molar-refractivity contribution >= 4 is 17.5 Å². The van der Waals surface area contributed by atoms with Crippen LogP contribution < -0.4 is 14.8 Å². The standard InChI is InChI=1S/C27H30N2O4/c1-27(2,26(31)28-23-16-15-22(32-3)18-24(23)33-4)29(19-21-13-9-6-10-14-21)25(30)17-20-11-7-5-8-12-20/h5-16,18H,17,19H2,1-4H3,(H,28,31). The lowest BCUT2D eigenvalue weighted by atomic mass is 9.98. The van der Waals surface area contributed by atoms with Crippen LogP contribution in [-0.4, -0.2) is 36.5 Å². The average Bonchev–Trinajstić information content (AvgIpc) is 2.83. The van der Waals surface area contributed by atoms with Crippen LogP contribution >= 0.6 is 0 Å². The highest BCUT2D eigenvalue weighted by molar-refractivity contribution is 6.01. The van der Waals surface area contributed by atoms with Gasteiger partial charge in [-0.25, -0.2) is 0 Å². The van der Waals surface area contributed by atoms with Crippen LogP contribution in [0.3, 0.4) is 0 Å². The van der Waals surface area contributed by atoms with Crippen molar-refractivity contribution in [2.45, 2.75) is 32.4 Å². The molecule has 172 valence electrons. The minimum atomic E-state index is -1.13. The van der Waals surface area contributed by atoms with Gasteiger partial charge in [0, 0.05) is 12.6 Å². The molecule has 0 heterocycles. The van der Waals surface area contributed by atoms with E-state index in [1.54, 1.807) is 44.1 Å². The number of nitrogens with one attached hydrogen (secondary N) is 1. The number of carbonyl (C=O) groups excluding carboxylic acids is 2. The van der Waals surface area contributed by atoms with Crippen molar-refractivity contribution in [1.82, 2.24) is 4.90 Å². The smallest absolute Gasteiger partial charge is 0.249 e. The van der Waals surface area contributed by atoms with Gasteiger partial charge in [0.1, 0.15) is 17.0 Å². The summed E-state index contributed by atoms with van der Waals surface area (Å²) in [4.78, 5) is 28.5. The van der Waals surface area contributed by atoms with Crippen LogP contribution in [0.2, 0.25) is 0 Å². The topological polar surface area (TPSA) is 67.9 Å². The van der Waals surface area contributed by atoms with Gasteiger partial charge in [-0.1, -0.05) is 60.7 Å². The molecule has 0 unspecified atom stereocenters. The lowest BCUT2D eigenvalue weighted by Gasteiger charge is -2.37. The Hall–Kier alpha value is -3.80. The van der Waals surface area contributed by atoms with Crippen LogP contribution in [0, 0.1) is 0 Å². The van der Waals surface area contributed by atoms with Crippen LogP contribution in [-0.2, 0) is 22.6 Å². The second-order valence-corrected chi connectivity index (χ2v) is 8.21. The number of carbonyl (C=O) groups is 2. The summed E-state index contributed by atoms with van der Waals surface area (Å²) in [7, 11) is 3.09. The molecule has 0 fully saturated rings. The van der Waals surface area contributed by atoms with E-state index in [1.165, 1.54) is 7.11 Å². The Morgan fingerprint density at radius 2 is 1.45 bits per heavy atom. The molecule has 0 aliphatic rings. The van der Waals surface area contributed by atoms with E-state index in [4.69, 9.17) is 9.47 Å². The molecule has 0 spiro atoms. The van der Waals surface area contributed by atoms with Gasteiger partial charge in [0.15, 0.2) is 0 Å². The minimum Gasteiger partial charge on any atom is -0.497 e. The molecule has 0 aliphatic heterocycles. The molecule has 6 heteroatoms. The summed E-state index contributed by atoms with van der Waals surface area (Å²) >= 11 is 0. The van der Waals surface area contributed by atoms with Crippen LogP contribution in [0.25, 0.3) is 0 Å². The van der Waals surface area contributed by atoms with Gasteiger partial charge >= 0.3 is 0 Å². The molecule has 2 amide bonds. The van der Waals surface area contributed by atoms with Gasteiger partial charge in [0.2, 0.25) is 11.8 Å². The molecule has 1 N–H and O–H groups in total. The number of nitrogens with zero attached hydrogens (tertiary/aromatic N) is 1. The number of anilines is 1. The van der Waals surface area contributed by atoms with Crippen LogP contribution in [0.4, 0.5) is 5.69 Å². The number of hydrogen-bond acceptors (Lipinski definition) is 4. The molecule has 0 saturated heterocycles. The van der Waals surface area contributed by atoms with Gasteiger partial charge in [-0.05, 0) is 37.1 Å². The lowest BCUT2D eigenvalue weighted by molar-refractivity contribution is -0.144. The number of amides is 2. The SMILES string of the molecule is COc1ccc(NC(=O)C(C)(C)N(Cc2ccccc2)C(=O)Cc2ccccc2)c(OC)c1. The van der Waals surface area contributed by atoms with Crippen molar-refractivity contribution in [3.05, 3.63) is 90.0 Å². The minimum absolute atomic E-state index is 0.133. The number of methoxy groups -OCH3 is 2. The first-order valence-corrected chi connectivity index (χ1v) is 10.8. The molecule has 6 nitrogen and oxygen atoms in total. The Morgan fingerprint density at radius 3 is 2.03 bits per heavy atom. The normalized spacial score (nSPS) is 10.9. The fourth-order valence-electron chi connectivity index (χ4n) is 3.53. The first kappa shape index (κ1) is 23.9. The Kier molecular flexibility index (Phi) is 7.72. The number of ether oxygens (including phenoxy) is 2. The van der Waals surface area contributed by atoms with Gasteiger partial charge in [-0.2, -0.15) is 0 Å². The molecular weight excluding hydrogens is 416 g/mol. The molecule has 3 aromatic carbocycles. The zero-order valence-corrected chi connectivity index (χ0v) is 19.5. The maximum Gasteiger partial charge on any atom is 0.249 e. The van der Waals surface area contributed by atoms with E-state index in [2.05, 4.69) is 5.32 Å². The largest absolute Gasteiger partial charge is 0.497 e. The van der Waals surface area contributed by atoms with E-state index in [-0.39, 0.29) is 18.2 Å². The van der Waals surface area contributed by atoms with E-state index in [0.717, 1.165) is 11.1 Å². The molecule has 0 aromatic heterocycles. The average molecular weight is 447 g/mol. The van der Waals surface area contributed by atoms with Gasteiger partial charge in [-0.15, -0.1) is 0 Å². The van der Waals surface area contributed by atoms with E-state index in [9.17, 15) is 9.59 Å². The Labute approximate surface area is 195 Å². The third-order valence-corrected chi connectivity index (χ3v) is 5.57. The van der Waals surface area contributed by atoms with Gasteiger partial charge < -0.3 is 19.7 Å². The van der Waals surface area contributed by atoms with Crippen LogP contribution in [0.5, 0.6) is 11.5 Å². The van der Waals surface area contributed by atoms with Crippen molar-refractivity contribution in [2.24, 2.45) is 0 Å². The lowest BCUT2D eigenvalue weighted by Crippen LogP contribution is -2.55. The van der Waals surface area contributed by atoms with Crippen molar-refractivity contribution in [3.8, 4) is 11.5 Å². The Bertz CT molecular complexity index is 1080. The second-order valence-electron chi connectivity index (χ2n) is 8.21. The molecule has 3 rings (SSSR count). The molecule has 0 saturated carbocycles. The highest BCUT2D eigenvalue weighted by atomic mass is 16.5. The zero-order chi connectivity index (χ0) is 23.8. The monoisotopic (exact) mass is 446 g/mol. The predicted octanol–water partition coefficient (Wildman–Crippen LogP) is 4.69. The third kappa shape index (κ3) is 5.92. The highest BCUT2D eigenvalue weighted by Gasteiger charge is 2.38. The van der Waals surface area contributed by atoms with Gasteiger partial charge in [0.05, 0.1) is 26.3 Å². The fraction of sp³-hybridized carbons (Fsp3) is 0.259. The van der Waals surface area contributed by atoms with Crippen molar-refractivity contribution < 1.29 is 19.1 Å². The first-order chi connectivity index (χ1) is 15.8. The van der Waals surface area contributed by atoms with Gasteiger partial charge in [0.25, 0.3) is 0 Å². The molecule has 0 aliphatic carbocycles. The van der Waals surface area contributed by atoms with Crippen LogP contribution in [0.1, 0.15) is 25.0 Å². The Morgan fingerprint density at radius 1 is 0.848 bits per heavy atom. The van der Waals surface area contributed by atoms with Crippen molar-refractivity contribution in [3.63, 3.8) is 0 Å². The second kappa shape index (κ2) is 10.7. The quantitative estimate of drug-likeness (QED) is 0.518. The predicted molar refractivity (Wildman–Crippen MR) is 129 cm³/mol. The summed E-state index contributed by atoms with van der Waals surface area (Å²) in [6.45, 7) is 3.82. The third-order valence-electron chi connectivity index (χ3n) is 5.57. The molecule has 0 bridgehead atoms. The molecule has 0 atom stereocenters. The molecule has 3 aromatic rings. The maximum absolute atomic E-state index is 13.5. The van der Waals surface area contributed by atoms with Gasteiger partial charge in [-0.3, -0.25) is 9.59 Å². The van der Waals surface area contributed by atoms with E-state index in [0.29, 0.717) is 23.7 Å². The van der Waals surface area contributed by atoms with Crippen molar-refractivity contribution in [2.75, 3.05) is 19.5 Å². The molecule has 0 radical (unpaired) electrons. The van der Waals surface area contributed by atoms with E-state index >= 15 is 0 Å². The summed E-state index contributed by atoms with van der Waals surface area (Å²) < 4.78 is 10.6. The zero-order valence-electron chi connectivity index (χ0n) is 19.5. The van der Waals surface area contributed by atoms with Crippen molar-refractivity contribution in [1.29, 1.82) is 0 Å².